The zero-order valence-corrected chi connectivity index (χ0v) is 9.13. The molecule has 0 radical (unpaired) electrons. The molecule has 0 saturated carbocycles. The van der Waals surface area contributed by atoms with Gasteiger partial charge in [0.2, 0.25) is 0 Å². The molecule has 0 atom stereocenters. The van der Waals surface area contributed by atoms with Crippen LogP contribution in [0.25, 0.3) is 0 Å². The normalized spacial score (nSPS) is 19.6. The molecule has 1 aromatic rings. The summed E-state index contributed by atoms with van der Waals surface area (Å²) < 4.78 is 1.85. The lowest BCUT2D eigenvalue weighted by Crippen LogP contribution is -2.32. The van der Waals surface area contributed by atoms with Crippen molar-refractivity contribution < 1.29 is 5.11 Å². The standard InChI is InChI=1S/C10H18N4O/c1-13-4-2-9(3-5-13)6-14-7-10(8-15)11-12-14/h7,9,15H,2-6,8H2,1H3. The first kappa shape index (κ1) is 10.6. The highest BCUT2D eigenvalue weighted by Gasteiger charge is 2.17. The van der Waals surface area contributed by atoms with Gasteiger partial charge in [0, 0.05) is 6.54 Å². The Kier molecular flexibility index (Phi) is 3.33. The van der Waals surface area contributed by atoms with E-state index in [1.54, 1.807) is 0 Å². The van der Waals surface area contributed by atoms with Crippen LogP contribution < -0.4 is 0 Å². The minimum absolute atomic E-state index is 0.0204. The molecule has 15 heavy (non-hydrogen) atoms. The van der Waals surface area contributed by atoms with Crippen molar-refractivity contribution in [2.75, 3.05) is 20.1 Å². The Hall–Kier alpha value is -0.940. The fraction of sp³-hybridized carbons (Fsp3) is 0.800. The van der Waals surface area contributed by atoms with Crippen LogP contribution in [-0.4, -0.2) is 45.1 Å². The van der Waals surface area contributed by atoms with E-state index in [0.29, 0.717) is 11.6 Å². The Morgan fingerprint density at radius 3 is 2.80 bits per heavy atom. The van der Waals surface area contributed by atoms with Crippen molar-refractivity contribution in [3.05, 3.63) is 11.9 Å². The molecule has 5 heteroatoms. The number of rotatable bonds is 3. The molecule has 1 aliphatic heterocycles. The summed E-state index contributed by atoms with van der Waals surface area (Å²) >= 11 is 0. The maximum Gasteiger partial charge on any atom is 0.108 e. The van der Waals surface area contributed by atoms with Gasteiger partial charge in [0.1, 0.15) is 5.69 Å². The van der Waals surface area contributed by atoms with Gasteiger partial charge in [0.05, 0.1) is 12.8 Å². The summed E-state index contributed by atoms with van der Waals surface area (Å²) in [7, 11) is 2.16. The van der Waals surface area contributed by atoms with Crippen LogP contribution in [0.5, 0.6) is 0 Å². The molecule has 0 unspecified atom stereocenters. The van der Waals surface area contributed by atoms with Crippen molar-refractivity contribution in [3.8, 4) is 0 Å². The van der Waals surface area contributed by atoms with Gasteiger partial charge >= 0.3 is 0 Å². The number of likely N-dealkylation sites (tertiary alicyclic amines) is 1. The highest BCUT2D eigenvalue weighted by molar-refractivity contribution is 4.89. The second kappa shape index (κ2) is 4.72. The lowest BCUT2D eigenvalue weighted by atomic mass is 9.97. The molecular weight excluding hydrogens is 192 g/mol. The average Bonchev–Trinajstić information content (AvgIpc) is 2.69. The third kappa shape index (κ3) is 2.76. The molecular formula is C10H18N4O. The Balaban J connectivity index is 1.86. The van der Waals surface area contributed by atoms with Crippen LogP contribution in [0.4, 0.5) is 0 Å². The summed E-state index contributed by atoms with van der Waals surface area (Å²) in [4.78, 5) is 2.36. The summed E-state index contributed by atoms with van der Waals surface area (Å²) in [6.45, 7) is 3.26. The van der Waals surface area contributed by atoms with Crippen molar-refractivity contribution >= 4 is 0 Å². The van der Waals surface area contributed by atoms with E-state index >= 15 is 0 Å². The lowest BCUT2D eigenvalue weighted by molar-refractivity contribution is 0.200. The molecule has 1 aromatic heterocycles. The van der Waals surface area contributed by atoms with Crippen LogP contribution in [0.1, 0.15) is 18.5 Å². The van der Waals surface area contributed by atoms with Gasteiger partial charge in [-0.3, -0.25) is 4.68 Å². The first-order valence-corrected chi connectivity index (χ1v) is 5.46. The fourth-order valence-electron chi connectivity index (χ4n) is 2.01. The van der Waals surface area contributed by atoms with E-state index in [-0.39, 0.29) is 6.61 Å². The number of nitrogens with zero attached hydrogens (tertiary/aromatic N) is 4. The highest BCUT2D eigenvalue weighted by Crippen LogP contribution is 2.17. The molecule has 2 rings (SSSR count). The summed E-state index contributed by atoms with van der Waals surface area (Å²) in [6.07, 6.45) is 4.29. The van der Waals surface area contributed by atoms with Gasteiger partial charge in [-0.2, -0.15) is 0 Å². The van der Waals surface area contributed by atoms with E-state index in [4.69, 9.17) is 5.11 Å². The van der Waals surface area contributed by atoms with E-state index in [9.17, 15) is 0 Å². The monoisotopic (exact) mass is 210 g/mol. The van der Waals surface area contributed by atoms with Crippen LogP contribution in [0, 0.1) is 5.92 Å². The van der Waals surface area contributed by atoms with Crippen LogP contribution in [0.2, 0.25) is 0 Å². The van der Waals surface area contributed by atoms with Crippen molar-refractivity contribution in [1.82, 2.24) is 19.9 Å². The van der Waals surface area contributed by atoms with Crippen molar-refractivity contribution in [2.45, 2.75) is 26.0 Å². The van der Waals surface area contributed by atoms with Gasteiger partial charge in [-0.1, -0.05) is 5.21 Å². The quantitative estimate of drug-likeness (QED) is 0.769. The maximum absolute atomic E-state index is 8.87. The minimum Gasteiger partial charge on any atom is -0.390 e. The Morgan fingerprint density at radius 2 is 2.20 bits per heavy atom. The molecule has 0 bridgehead atoms. The van der Waals surface area contributed by atoms with Gasteiger partial charge in [0.25, 0.3) is 0 Å². The topological polar surface area (TPSA) is 54.2 Å². The fourth-order valence-corrected chi connectivity index (χ4v) is 2.01. The summed E-state index contributed by atoms with van der Waals surface area (Å²) in [5.41, 5.74) is 0.655. The molecule has 84 valence electrons. The first-order valence-electron chi connectivity index (χ1n) is 5.46. The summed E-state index contributed by atoms with van der Waals surface area (Å²) in [5.74, 6) is 0.703. The molecule has 1 N–H and O–H groups in total. The van der Waals surface area contributed by atoms with Crippen molar-refractivity contribution in [2.24, 2.45) is 5.92 Å². The largest absolute Gasteiger partial charge is 0.390 e. The van der Waals surface area contributed by atoms with E-state index in [0.717, 1.165) is 6.54 Å². The lowest BCUT2D eigenvalue weighted by Gasteiger charge is -2.28. The van der Waals surface area contributed by atoms with Crippen molar-refractivity contribution in [1.29, 1.82) is 0 Å². The maximum atomic E-state index is 8.87. The molecule has 2 heterocycles. The highest BCUT2D eigenvalue weighted by atomic mass is 16.3. The first-order chi connectivity index (χ1) is 7.28. The molecule has 1 fully saturated rings. The Labute approximate surface area is 89.7 Å². The Bertz CT molecular complexity index is 304. The number of aromatic nitrogens is 3. The average molecular weight is 210 g/mol. The second-order valence-corrected chi connectivity index (χ2v) is 4.34. The van der Waals surface area contributed by atoms with Gasteiger partial charge in [-0.15, -0.1) is 5.10 Å². The molecule has 1 saturated heterocycles. The summed E-state index contributed by atoms with van der Waals surface area (Å²) in [6, 6.07) is 0. The van der Waals surface area contributed by atoms with E-state index in [2.05, 4.69) is 22.3 Å². The van der Waals surface area contributed by atoms with Crippen molar-refractivity contribution in [3.63, 3.8) is 0 Å². The van der Waals surface area contributed by atoms with Crippen LogP contribution in [0.3, 0.4) is 0 Å². The number of aliphatic hydroxyl groups excluding tert-OH is 1. The Morgan fingerprint density at radius 1 is 1.47 bits per heavy atom. The smallest absolute Gasteiger partial charge is 0.108 e. The minimum atomic E-state index is -0.0204. The van der Waals surface area contributed by atoms with E-state index in [1.165, 1.54) is 25.9 Å². The second-order valence-electron chi connectivity index (χ2n) is 4.34. The van der Waals surface area contributed by atoms with Crippen LogP contribution >= 0.6 is 0 Å². The molecule has 0 spiro atoms. The zero-order valence-electron chi connectivity index (χ0n) is 9.13. The van der Waals surface area contributed by atoms with Gasteiger partial charge in [0.15, 0.2) is 0 Å². The number of aliphatic hydroxyl groups is 1. The summed E-state index contributed by atoms with van der Waals surface area (Å²) in [5, 5.41) is 16.7. The number of piperidine rings is 1. The molecule has 0 aromatic carbocycles. The third-order valence-electron chi connectivity index (χ3n) is 3.03. The van der Waals surface area contributed by atoms with Gasteiger partial charge in [-0.25, -0.2) is 0 Å². The van der Waals surface area contributed by atoms with Crippen LogP contribution in [0.15, 0.2) is 6.20 Å². The zero-order chi connectivity index (χ0) is 10.7. The molecule has 1 aliphatic rings. The SMILES string of the molecule is CN1CCC(Cn2cc(CO)nn2)CC1. The molecule has 5 nitrogen and oxygen atoms in total. The third-order valence-corrected chi connectivity index (χ3v) is 3.03. The number of hydrogen-bond donors (Lipinski definition) is 1. The number of hydrogen-bond acceptors (Lipinski definition) is 4. The molecule has 0 amide bonds. The van der Waals surface area contributed by atoms with E-state index in [1.807, 2.05) is 10.9 Å². The van der Waals surface area contributed by atoms with E-state index < -0.39 is 0 Å². The molecule has 0 aliphatic carbocycles. The van der Waals surface area contributed by atoms with Gasteiger partial charge in [-0.05, 0) is 38.9 Å². The van der Waals surface area contributed by atoms with Crippen LogP contribution in [-0.2, 0) is 13.2 Å². The predicted octanol–water partition coefficient (Wildman–Crippen LogP) is 0.112. The predicted molar refractivity (Wildman–Crippen MR) is 56.2 cm³/mol. The van der Waals surface area contributed by atoms with Gasteiger partial charge < -0.3 is 10.0 Å².